The van der Waals surface area contributed by atoms with E-state index in [-0.39, 0.29) is 17.9 Å². The van der Waals surface area contributed by atoms with Crippen molar-refractivity contribution in [2.75, 3.05) is 13.1 Å². The Morgan fingerprint density at radius 2 is 1.75 bits per heavy atom. The van der Waals surface area contributed by atoms with Crippen molar-refractivity contribution < 1.29 is 9.59 Å². The van der Waals surface area contributed by atoms with Crippen LogP contribution in [0, 0.1) is 0 Å². The molecule has 1 aromatic carbocycles. The molecule has 5 nitrogen and oxygen atoms in total. The van der Waals surface area contributed by atoms with E-state index in [0.717, 1.165) is 31.5 Å². The molecular formula is C19H21N3O2. The van der Waals surface area contributed by atoms with Gasteiger partial charge in [-0.2, -0.15) is 0 Å². The maximum atomic E-state index is 12.4. The molecule has 1 aliphatic rings. The van der Waals surface area contributed by atoms with Gasteiger partial charge in [0.15, 0.2) is 0 Å². The lowest BCUT2D eigenvalue weighted by Gasteiger charge is -2.16. The number of carbonyl (C=O) groups is 2. The molecule has 5 heteroatoms. The van der Waals surface area contributed by atoms with E-state index in [2.05, 4.69) is 10.3 Å². The van der Waals surface area contributed by atoms with Crippen LogP contribution in [0.25, 0.3) is 0 Å². The highest BCUT2D eigenvalue weighted by Gasteiger charge is 2.21. The van der Waals surface area contributed by atoms with E-state index in [4.69, 9.17) is 0 Å². The maximum Gasteiger partial charge on any atom is 0.255 e. The van der Waals surface area contributed by atoms with Gasteiger partial charge in [0.05, 0.1) is 17.2 Å². The summed E-state index contributed by atoms with van der Waals surface area (Å²) in [7, 11) is 0. The van der Waals surface area contributed by atoms with Crippen molar-refractivity contribution in [2.45, 2.75) is 25.8 Å². The minimum Gasteiger partial charge on any atom is -0.345 e. The van der Waals surface area contributed by atoms with Crippen LogP contribution in [0.4, 0.5) is 0 Å². The molecule has 124 valence electrons. The Labute approximate surface area is 141 Å². The summed E-state index contributed by atoms with van der Waals surface area (Å²) in [5.74, 6) is -0.277. The van der Waals surface area contributed by atoms with Crippen molar-refractivity contribution >= 4 is 11.8 Å². The van der Waals surface area contributed by atoms with Gasteiger partial charge in [-0.3, -0.25) is 14.6 Å². The summed E-state index contributed by atoms with van der Waals surface area (Å²) in [6.07, 6.45) is 5.09. The molecule has 1 fully saturated rings. The van der Waals surface area contributed by atoms with Crippen LogP contribution in [0.3, 0.4) is 0 Å². The molecule has 3 rings (SSSR count). The van der Waals surface area contributed by atoms with Gasteiger partial charge in [0.1, 0.15) is 0 Å². The minimum absolute atomic E-state index is 0.0502. The van der Waals surface area contributed by atoms with Crippen LogP contribution >= 0.6 is 0 Å². The highest BCUT2D eigenvalue weighted by Crippen LogP contribution is 2.15. The summed E-state index contributed by atoms with van der Waals surface area (Å²) < 4.78 is 0. The molecule has 2 amide bonds. The number of likely N-dealkylation sites (tertiary alicyclic amines) is 1. The van der Waals surface area contributed by atoms with Crippen molar-refractivity contribution in [1.29, 1.82) is 0 Å². The summed E-state index contributed by atoms with van der Waals surface area (Å²) >= 11 is 0. The second kappa shape index (κ2) is 7.25. The second-order valence-corrected chi connectivity index (χ2v) is 6.07. The zero-order valence-corrected chi connectivity index (χ0v) is 13.7. The fraction of sp³-hybridized carbons (Fsp3) is 0.316. The topological polar surface area (TPSA) is 62.3 Å². The van der Waals surface area contributed by atoms with E-state index in [1.807, 2.05) is 42.2 Å². The molecular weight excluding hydrogens is 302 g/mol. The van der Waals surface area contributed by atoms with Gasteiger partial charge in [0.25, 0.3) is 11.8 Å². The fourth-order valence-corrected chi connectivity index (χ4v) is 2.89. The Hall–Kier alpha value is -2.69. The molecule has 24 heavy (non-hydrogen) atoms. The minimum atomic E-state index is -0.227. The van der Waals surface area contributed by atoms with Crippen molar-refractivity contribution in [3.05, 3.63) is 65.5 Å². The first-order valence-electron chi connectivity index (χ1n) is 8.25. The highest BCUT2D eigenvalue weighted by atomic mass is 16.2. The van der Waals surface area contributed by atoms with Gasteiger partial charge in [-0.1, -0.05) is 30.3 Å². The molecule has 1 unspecified atom stereocenters. The number of rotatable bonds is 4. The maximum absolute atomic E-state index is 12.4. The number of pyridine rings is 1. The summed E-state index contributed by atoms with van der Waals surface area (Å²) in [4.78, 5) is 30.7. The molecule has 0 spiro atoms. The van der Waals surface area contributed by atoms with Crippen molar-refractivity contribution in [2.24, 2.45) is 0 Å². The molecule has 2 aromatic rings. The Morgan fingerprint density at radius 1 is 1.08 bits per heavy atom. The first-order valence-corrected chi connectivity index (χ1v) is 8.25. The SMILES string of the molecule is CC(NC(=O)c1cncc(C(=O)N2CCCC2)c1)c1ccccc1. The quantitative estimate of drug-likeness (QED) is 0.941. The van der Waals surface area contributed by atoms with Crippen molar-refractivity contribution in [1.82, 2.24) is 15.2 Å². The van der Waals surface area contributed by atoms with Gasteiger partial charge in [-0.25, -0.2) is 0 Å². The lowest BCUT2D eigenvalue weighted by molar-refractivity contribution is 0.0792. The second-order valence-electron chi connectivity index (χ2n) is 6.07. The van der Waals surface area contributed by atoms with Crippen LogP contribution in [0.1, 0.15) is 52.1 Å². The molecule has 0 aliphatic carbocycles. The van der Waals surface area contributed by atoms with E-state index in [1.165, 1.54) is 12.4 Å². The molecule has 0 saturated carbocycles. The Kier molecular flexibility index (Phi) is 4.89. The van der Waals surface area contributed by atoms with Crippen LogP contribution in [-0.2, 0) is 0 Å². The summed E-state index contributed by atoms with van der Waals surface area (Å²) in [6, 6.07) is 11.3. The van der Waals surface area contributed by atoms with Gasteiger partial charge in [0.2, 0.25) is 0 Å². The van der Waals surface area contributed by atoms with Crippen LogP contribution in [-0.4, -0.2) is 34.8 Å². The van der Waals surface area contributed by atoms with Crippen LogP contribution in [0.15, 0.2) is 48.8 Å². The molecule has 1 atom stereocenters. The number of carbonyl (C=O) groups excluding carboxylic acids is 2. The Balaban J connectivity index is 1.71. The molecule has 0 bridgehead atoms. The van der Waals surface area contributed by atoms with E-state index in [0.29, 0.717) is 11.1 Å². The lowest BCUT2D eigenvalue weighted by atomic mass is 10.1. The first-order chi connectivity index (χ1) is 11.6. The predicted molar refractivity (Wildman–Crippen MR) is 91.7 cm³/mol. The fourth-order valence-electron chi connectivity index (χ4n) is 2.89. The summed E-state index contributed by atoms with van der Waals surface area (Å²) in [6.45, 7) is 3.49. The largest absolute Gasteiger partial charge is 0.345 e. The number of nitrogens with zero attached hydrogens (tertiary/aromatic N) is 2. The van der Waals surface area contributed by atoms with E-state index < -0.39 is 0 Å². The van der Waals surface area contributed by atoms with Crippen LogP contribution in [0.5, 0.6) is 0 Å². The number of hydrogen-bond donors (Lipinski definition) is 1. The van der Waals surface area contributed by atoms with Crippen LogP contribution < -0.4 is 5.32 Å². The standard InChI is InChI=1S/C19H21N3O2/c1-14(15-7-3-2-4-8-15)21-18(23)16-11-17(13-20-12-16)19(24)22-9-5-6-10-22/h2-4,7-8,11-14H,5-6,9-10H2,1H3,(H,21,23). The molecule has 1 aromatic heterocycles. The summed E-state index contributed by atoms with van der Waals surface area (Å²) in [5, 5.41) is 2.94. The average Bonchev–Trinajstić information content (AvgIpc) is 3.16. The third kappa shape index (κ3) is 3.62. The van der Waals surface area contributed by atoms with Crippen molar-refractivity contribution in [3.8, 4) is 0 Å². The Bertz CT molecular complexity index is 724. The number of hydrogen-bond acceptors (Lipinski definition) is 3. The first kappa shape index (κ1) is 16.2. The third-order valence-electron chi connectivity index (χ3n) is 4.29. The number of benzene rings is 1. The zero-order chi connectivity index (χ0) is 16.9. The smallest absolute Gasteiger partial charge is 0.255 e. The number of nitrogens with one attached hydrogen (secondary N) is 1. The van der Waals surface area contributed by atoms with Gasteiger partial charge < -0.3 is 10.2 Å². The molecule has 1 aliphatic heterocycles. The van der Waals surface area contributed by atoms with Gasteiger partial charge in [-0.05, 0) is 31.4 Å². The Morgan fingerprint density at radius 3 is 2.46 bits per heavy atom. The zero-order valence-electron chi connectivity index (χ0n) is 13.7. The normalized spacial score (nSPS) is 15.1. The van der Waals surface area contributed by atoms with Crippen LogP contribution in [0.2, 0.25) is 0 Å². The number of amides is 2. The van der Waals surface area contributed by atoms with Gasteiger partial charge >= 0.3 is 0 Å². The van der Waals surface area contributed by atoms with E-state index in [1.54, 1.807) is 6.07 Å². The van der Waals surface area contributed by atoms with Crippen molar-refractivity contribution in [3.63, 3.8) is 0 Å². The number of aromatic nitrogens is 1. The third-order valence-corrected chi connectivity index (χ3v) is 4.29. The predicted octanol–water partition coefficient (Wildman–Crippen LogP) is 2.81. The summed E-state index contributed by atoms with van der Waals surface area (Å²) in [5.41, 5.74) is 1.91. The van der Waals surface area contributed by atoms with E-state index >= 15 is 0 Å². The van der Waals surface area contributed by atoms with E-state index in [9.17, 15) is 9.59 Å². The monoisotopic (exact) mass is 323 g/mol. The highest BCUT2D eigenvalue weighted by molar-refractivity contribution is 5.99. The molecule has 1 saturated heterocycles. The van der Waals surface area contributed by atoms with Gasteiger partial charge in [0, 0.05) is 25.5 Å². The molecule has 0 radical (unpaired) electrons. The van der Waals surface area contributed by atoms with Gasteiger partial charge in [-0.15, -0.1) is 0 Å². The average molecular weight is 323 g/mol. The molecule has 2 heterocycles. The molecule has 1 N–H and O–H groups in total. The lowest BCUT2D eigenvalue weighted by Crippen LogP contribution is -2.29.